The van der Waals surface area contributed by atoms with Crippen LogP contribution in [0.5, 0.6) is 0 Å². The van der Waals surface area contributed by atoms with Crippen LogP contribution >= 0.6 is 23.2 Å². The number of rotatable bonds is 4. The molecule has 2 N–H and O–H groups in total. The lowest BCUT2D eigenvalue weighted by Gasteiger charge is -2.11. The third kappa shape index (κ3) is 3.66. The fraction of sp³-hybridized carbons (Fsp3) is 0. The Bertz CT molecular complexity index is 1070. The minimum atomic E-state index is 0.386. The van der Waals surface area contributed by atoms with E-state index in [1.807, 2.05) is 24.3 Å². The highest BCUT2D eigenvalue weighted by atomic mass is 35.5. The quantitative estimate of drug-likeness (QED) is 0.504. The van der Waals surface area contributed by atoms with Crippen molar-refractivity contribution in [2.45, 2.75) is 0 Å². The molecule has 0 spiro atoms. The number of aromatic nitrogens is 4. The Morgan fingerprint density at radius 3 is 2.35 bits per heavy atom. The van der Waals surface area contributed by atoms with Crippen LogP contribution in [0, 0.1) is 0 Å². The van der Waals surface area contributed by atoms with Gasteiger partial charge in [0, 0.05) is 33.8 Å². The average Bonchev–Trinajstić information content (AvgIpc) is 2.64. The molecule has 0 aliphatic heterocycles. The minimum absolute atomic E-state index is 0.386. The fourth-order valence-electron chi connectivity index (χ4n) is 2.37. The molecule has 2 aromatic carbocycles. The van der Waals surface area contributed by atoms with Crippen LogP contribution in [0.4, 0.5) is 23.1 Å². The molecule has 0 aliphatic carbocycles. The number of hydrogen-bond donors (Lipinski definition) is 2. The lowest BCUT2D eigenvalue weighted by atomic mass is 10.3. The van der Waals surface area contributed by atoms with E-state index in [-0.39, 0.29) is 0 Å². The Hall–Kier alpha value is -2.96. The Labute approximate surface area is 159 Å². The molecule has 0 atom stereocenters. The third-order valence-corrected chi connectivity index (χ3v) is 4.01. The monoisotopic (exact) mass is 382 g/mol. The molecule has 4 rings (SSSR count). The molecule has 2 aromatic heterocycles. The zero-order chi connectivity index (χ0) is 17.9. The smallest absolute Gasteiger partial charge is 0.231 e. The van der Waals surface area contributed by atoms with E-state index in [1.54, 1.807) is 36.7 Å². The Kier molecular flexibility index (Phi) is 4.51. The molecule has 0 saturated carbocycles. The van der Waals surface area contributed by atoms with E-state index >= 15 is 0 Å². The predicted octanol–water partition coefficient (Wildman–Crippen LogP) is 5.21. The first kappa shape index (κ1) is 16.5. The van der Waals surface area contributed by atoms with Gasteiger partial charge in [0.05, 0.1) is 0 Å². The maximum Gasteiger partial charge on any atom is 0.231 e. The topological polar surface area (TPSA) is 75.6 Å². The first-order valence-electron chi connectivity index (χ1n) is 7.71. The summed E-state index contributed by atoms with van der Waals surface area (Å²) < 4.78 is 0. The van der Waals surface area contributed by atoms with Gasteiger partial charge in [-0.25, -0.2) is 9.97 Å². The van der Waals surface area contributed by atoms with Crippen LogP contribution in [0.25, 0.3) is 11.2 Å². The van der Waals surface area contributed by atoms with Crippen LogP contribution in [0.2, 0.25) is 10.0 Å². The van der Waals surface area contributed by atoms with E-state index in [1.165, 1.54) is 0 Å². The van der Waals surface area contributed by atoms with Crippen molar-refractivity contribution >= 4 is 57.5 Å². The van der Waals surface area contributed by atoms with Crippen molar-refractivity contribution in [3.8, 4) is 0 Å². The van der Waals surface area contributed by atoms with E-state index in [4.69, 9.17) is 23.2 Å². The number of hydrogen-bond acceptors (Lipinski definition) is 6. The normalized spacial score (nSPS) is 10.7. The van der Waals surface area contributed by atoms with Gasteiger partial charge in [0.15, 0.2) is 17.0 Å². The second-order valence-electron chi connectivity index (χ2n) is 5.39. The van der Waals surface area contributed by atoms with Gasteiger partial charge < -0.3 is 10.6 Å². The lowest BCUT2D eigenvalue weighted by Crippen LogP contribution is -2.04. The summed E-state index contributed by atoms with van der Waals surface area (Å²) in [6.45, 7) is 0. The summed E-state index contributed by atoms with van der Waals surface area (Å²) >= 11 is 12.0. The highest BCUT2D eigenvalue weighted by molar-refractivity contribution is 6.31. The zero-order valence-electron chi connectivity index (χ0n) is 13.3. The Morgan fingerprint density at radius 2 is 1.54 bits per heavy atom. The molecule has 8 heteroatoms. The fourth-order valence-corrected chi connectivity index (χ4v) is 2.69. The summed E-state index contributed by atoms with van der Waals surface area (Å²) in [6.07, 6.45) is 3.19. The average molecular weight is 383 g/mol. The van der Waals surface area contributed by atoms with Gasteiger partial charge in [0.2, 0.25) is 5.95 Å². The van der Waals surface area contributed by atoms with Gasteiger partial charge in [-0.05, 0) is 42.5 Å². The molecule has 26 heavy (non-hydrogen) atoms. The predicted molar refractivity (Wildman–Crippen MR) is 105 cm³/mol. The van der Waals surface area contributed by atoms with E-state index in [2.05, 4.69) is 30.6 Å². The van der Waals surface area contributed by atoms with Crippen molar-refractivity contribution in [3.05, 3.63) is 71.0 Å². The second-order valence-corrected chi connectivity index (χ2v) is 6.26. The molecular formula is C18H12Cl2N6. The highest BCUT2D eigenvalue weighted by Gasteiger charge is 2.11. The maximum absolute atomic E-state index is 6.03. The van der Waals surface area contributed by atoms with Crippen molar-refractivity contribution in [1.82, 2.24) is 19.9 Å². The summed E-state index contributed by atoms with van der Waals surface area (Å²) in [5.74, 6) is 0.923. The summed E-state index contributed by atoms with van der Waals surface area (Å²) in [4.78, 5) is 17.6. The van der Waals surface area contributed by atoms with Crippen molar-refractivity contribution < 1.29 is 0 Å². The molecule has 0 fully saturated rings. The molecule has 4 aromatic rings. The Morgan fingerprint density at radius 1 is 0.731 bits per heavy atom. The molecule has 0 radical (unpaired) electrons. The summed E-state index contributed by atoms with van der Waals surface area (Å²) in [5, 5.41) is 7.65. The van der Waals surface area contributed by atoms with Gasteiger partial charge in [-0.3, -0.25) is 0 Å². The second kappa shape index (κ2) is 7.11. The van der Waals surface area contributed by atoms with Crippen LogP contribution in [0.1, 0.15) is 0 Å². The van der Waals surface area contributed by atoms with Crippen molar-refractivity contribution in [3.63, 3.8) is 0 Å². The molecule has 128 valence electrons. The van der Waals surface area contributed by atoms with E-state index in [0.29, 0.717) is 33.0 Å². The zero-order valence-corrected chi connectivity index (χ0v) is 14.8. The lowest BCUT2D eigenvalue weighted by molar-refractivity contribution is 1.15. The molecular weight excluding hydrogens is 371 g/mol. The molecule has 0 unspecified atom stereocenters. The van der Waals surface area contributed by atoms with Gasteiger partial charge in [-0.2, -0.15) is 9.97 Å². The van der Waals surface area contributed by atoms with Crippen LogP contribution in [-0.4, -0.2) is 19.9 Å². The van der Waals surface area contributed by atoms with Gasteiger partial charge in [0.1, 0.15) is 0 Å². The SMILES string of the molecule is Clc1ccc(Nc2nc(Nc3cccc(Cl)c3)nc3nccnc23)cc1. The maximum atomic E-state index is 6.03. The number of benzene rings is 2. The van der Waals surface area contributed by atoms with E-state index < -0.39 is 0 Å². The Balaban J connectivity index is 1.74. The van der Waals surface area contributed by atoms with E-state index in [0.717, 1.165) is 11.4 Å². The van der Waals surface area contributed by atoms with Crippen molar-refractivity contribution in [2.24, 2.45) is 0 Å². The number of anilines is 4. The van der Waals surface area contributed by atoms with Crippen LogP contribution < -0.4 is 10.6 Å². The number of halogens is 2. The van der Waals surface area contributed by atoms with Crippen molar-refractivity contribution in [1.29, 1.82) is 0 Å². The van der Waals surface area contributed by atoms with E-state index in [9.17, 15) is 0 Å². The first-order valence-corrected chi connectivity index (χ1v) is 8.47. The van der Waals surface area contributed by atoms with Crippen LogP contribution in [-0.2, 0) is 0 Å². The molecule has 0 aliphatic rings. The summed E-state index contributed by atoms with van der Waals surface area (Å²) in [5.41, 5.74) is 2.65. The first-order chi connectivity index (χ1) is 12.7. The van der Waals surface area contributed by atoms with Crippen LogP contribution in [0.3, 0.4) is 0 Å². The number of fused-ring (bicyclic) bond motifs is 1. The highest BCUT2D eigenvalue weighted by Crippen LogP contribution is 2.25. The molecule has 2 heterocycles. The molecule has 0 saturated heterocycles. The van der Waals surface area contributed by atoms with Crippen molar-refractivity contribution in [2.75, 3.05) is 10.6 Å². The van der Waals surface area contributed by atoms with Crippen LogP contribution in [0.15, 0.2) is 60.9 Å². The number of nitrogens with one attached hydrogen (secondary N) is 2. The summed E-state index contributed by atoms with van der Waals surface area (Å²) in [7, 11) is 0. The minimum Gasteiger partial charge on any atom is -0.338 e. The third-order valence-electron chi connectivity index (χ3n) is 3.52. The van der Waals surface area contributed by atoms with Gasteiger partial charge in [0.25, 0.3) is 0 Å². The van der Waals surface area contributed by atoms with Gasteiger partial charge in [-0.15, -0.1) is 0 Å². The van der Waals surface area contributed by atoms with Gasteiger partial charge in [-0.1, -0.05) is 29.3 Å². The largest absolute Gasteiger partial charge is 0.338 e. The molecule has 6 nitrogen and oxygen atoms in total. The molecule has 0 amide bonds. The number of nitrogens with zero attached hydrogens (tertiary/aromatic N) is 4. The standard InChI is InChI=1S/C18H12Cl2N6/c19-11-4-6-13(7-5-11)23-17-15-16(22-9-8-21-15)25-18(26-17)24-14-3-1-2-12(20)10-14/h1-10H,(H2,22,23,24,25,26). The summed E-state index contributed by atoms with van der Waals surface area (Å²) in [6, 6.07) is 14.6. The molecule has 0 bridgehead atoms. The van der Waals surface area contributed by atoms with Gasteiger partial charge >= 0.3 is 0 Å².